The molecule has 0 bridgehead atoms. The molecule has 0 aliphatic rings. The fourth-order valence-corrected chi connectivity index (χ4v) is 12.0. The molecule has 0 aliphatic carbocycles. The van der Waals surface area contributed by atoms with Crippen molar-refractivity contribution < 1.29 is 136 Å². The van der Waals surface area contributed by atoms with Gasteiger partial charge in [0.1, 0.15) is 5.25 Å². The minimum absolute atomic E-state index is 0. The van der Waals surface area contributed by atoms with Crippen LogP contribution in [0.3, 0.4) is 0 Å². The molecule has 0 amide bonds. The summed E-state index contributed by atoms with van der Waals surface area (Å²) in [5.41, 5.74) is -2.20. The number of hydrogen-bond acceptors (Lipinski definition) is 6. The molecular weight excluding hydrogens is 943 g/mol. The molecule has 0 aliphatic heterocycles. The number of rotatable bonds is 58. The van der Waals surface area contributed by atoms with E-state index in [1.54, 1.807) is 0 Å². The third-order valence-corrected chi connectivity index (χ3v) is 16.6. The van der Waals surface area contributed by atoms with Gasteiger partial charge in [-0.25, -0.2) is 0 Å². The van der Waals surface area contributed by atoms with Gasteiger partial charge in [0, 0.05) is 11.4 Å². The van der Waals surface area contributed by atoms with Crippen molar-refractivity contribution >= 4 is 22.1 Å². The van der Waals surface area contributed by atoms with Crippen LogP contribution >= 0.6 is 0 Å². The second-order valence-corrected chi connectivity index (χ2v) is 23.3. The number of carboxylic acids is 2. The predicted molar refractivity (Wildman–Crippen MR) is 288 cm³/mol. The van der Waals surface area contributed by atoms with E-state index in [0.717, 1.165) is 38.5 Å². The minimum Gasteiger partial charge on any atom is -0.549 e. The first kappa shape index (κ1) is 76.4. The number of carbonyl (C=O) groups excluding carboxylic acids is 2. The van der Waals surface area contributed by atoms with E-state index in [1.807, 2.05) is 0 Å². The Hall–Kier alpha value is 2.12. The zero-order chi connectivity index (χ0) is 49.9. The summed E-state index contributed by atoms with van der Waals surface area (Å²) in [7, 11) is -5.21. The van der Waals surface area contributed by atoms with Gasteiger partial charge in [0.15, 0.2) is 0 Å². The quantitative estimate of drug-likeness (QED) is 0.0364. The van der Waals surface area contributed by atoms with Crippen LogP contribution in [0.25, 0.3) is 0 Å². The molecule has 0 heterocycles. The van der Waals surface area contributed by atoms with E-state index < -0.39 is 32.7 Å². The fourth-order valence-electron chi connectivity index (χ4n) is 10.8. The molecule has 1 N–H and O–H groups in total. The summed E-state index contributed by atoms with van der Waals surface area (Å²) in [5.74, 6) is -3.79. The van der Waals surface area contributed by atoms with E-state index in [9.17, 15) is 32.8 Å². The van der Waals surface area contributed by atoms with Crippen LogP contribution in [-0.4, -0.2) is 30.2 Å². The van der Waals surface area contributed by atoms with Crippen LogP contribution in [0.2, 0.25) is 0 Å². The molecule has 0 aromatic heterocycles. The maximum Gasteiger partial charge on any atom is 1.00 e. The summed E-state index contributed by atoms with van der Waals surface area (Å²) in [6.45, 7) is 4.57. The van der Waals surface area contributed by atoms with Crippen molar-refractivity contribution in [3.05, 3.63) is 0 Å². The second kappa shape index (κ2) is 58.8. The van der Waals surface area contributed by atoms with Gasteiger partial charge in [-0.3, -0.25) is 4.55 Å². The van der Waals surface area contributed by atoms with Crippen LogP contribution in [-0.2, 0) is 19.7 Å². The Morgan fingerprint density at radius 3 is 0.586 bits per heavy atom. The topological polar surface area (TPSA) is 135 Å². The van der Waals surface area contributed by atoms with Crippen molar-refractivity contribution in [3.8, 4) is 0 Å². The summed E-state index contributed by atoms with van der Waals surface area (Å²) in [6, 6.07) is 0. The number of unbranched alkanes of at least 4 members (excludes halogenated alkanes) is 50. The third-order valence-electron chi connectivity index (χ3n) is 15.4. The number of carbonyl (C=O) groups is 2. The average molecular weight is 1060 g/mol. The fraction of sp³-hybridized carbons (Fsp3) is 0.967. The van der Waals surface area contributed by atoms with Gasteiger partial charge >= 0.3 is 103 Å². The van der Waals surface area contributed by atoms with Crippen molar-refractivity contribution in [2.45, 2.75) is 366 Å². The Balaban J connectivity index is -0.0000224. The van der Waals surface area contributed by atoms with E-state index in [2.05, 4.69) is 13.8 Å². The summed E-state index contributed by atoms with van der Waals surface area (Å²) in [6.07, 6.45) is 65.3. The number of carboxylic acid groups (broad SMARTS) is 2. The van der Waals surface area contributed by atoms with Gasteiger partial charge < -0.3 is 19.8 Å². The number of hydrogen-bond donors (Lipinski definition) is 1. The molecule has 70 heavy (non-hydrogen) atoms. The Morgan fingerprint density at radius 1 is 0.329 bits per heavy atom. The first-order valence-electron chi connectivity index (χ1n) is 30.5. The van der Waals surface area contributed by atoms with Crippen molar-refractivity contribution in [1.82, 2.24) is 0 Å². The third kappa shape index (κ3) is 49.7. The van der Waals surface area contributed by atoms with Crippen LogP contribution < -0.4 is 113 Å². The molecule has 0 spiro atoms. The van der Waals surface area contributed by atoms with E-state index in [-0.39, 0.29) is 116 Å². The Morgan fingerprint density at radius 2 is 0.471 bits per heavy atom. The van der Waals surface area contributed by atoms with Crippen LogP contribution in [0.5, 0.6) is 0 Å². The van der Waals surface area contributed by atoms with Crippen molar-refractivity contribution in [1.29, 1.82) is 0 Å². The molecule has 0 saturated heterocycles. The molecular formula is C60H116K2O7S. The van der Waals surface area contributed by atoms with E-state index >= 15 is 0 Å². The summed E-state index contributed by atoms with van der Waals surface area (Å²) in [5, 5.41) is 22.1. The molecule has 7 nitrogen and oxygen atoms in total. The molecule has 0 saturated carbocycles. The number of aliphatic carboxylic acids is 2. The SMILES string of the molecule is CCCCCCCCCCCCCCCCCCCCCCCCCCCCC(CCCCCCCCCCCCCCCCCCCCCCCCCCCC)(C(=O)[O-])C(C(=O)[O-])S(=O)(=O)O.[K+].[K+]. The van der Waals surface area contributed by atoms with Gasteiger partial charge in [-0.1, -0.05) is 348 Å². The first-order valence-corrected chi connectivity index (χ1v) is 32.0. The van der Waals surface area contributed by atoms with E-state index in [1.165, 1.54) is 270 Å². The molecule has 1 unspecified atom stereocenters. The molecule has 406 valence electrons. The van der Waals surface area contributed by atoms with Crippen molar-refractivity contribution in [2.75, 3.05) is 0 Å². The van der Waals surface area contributed by atoms with E-state index in [0.29, 0.717) is 25.7 Å². The van der Waals surface area contributed by atoms with Gasteiger partial charge in [-0.15, -0.1) is 0 Å². The van der Waals surface area contributed by atoms with Crippen LogP contribution in [0.1, 0.15) is 361 Å². The van der Waals surface area contributed by atoms with Crippen LogP contribution in [0.15, 0.2) is 0 Å². The maximum absolute atomic E-state index is 12.6. The molecule has 0 rings (SSSR count). The normalized spacial score (nSPS) is 12.2. The van der Waals surface area contributed by atoms with Gasteiger partial charge in [0.2, 0.25) is 0 Å². The van der Waals surface area contributed by atoms with Gasteiger partial charge in [0.25, 0.3) is 10.1 Å². The van der Waals surface area contributed by atoms with Gasteiger partial charge in [0.05, 0.1) is 5.97 Å². The maximum atomic E-state index is 12.6. The largest absolute Gasteiger partial charge is 1.00 e. The van der Waals surface area contributed by atoms with Crippen molar-refractivity contribution in [3.63, 3.8) is 0 Å². The smallest absolute Gasteiger partial charge is 0.549 e. The monoisotopic (exact) mass is 1060 g/mol. The van der Waals surface area contributed by atoms with Crippen molar-refractivity contribution in [2.24, 2.45) is 5.41 Å². The van der Waals surface area contributed by atoms with Crippen LogP contribution in [0, 0.1) is 5.41 Å². The summed E-state index contributed by atoms with van der Waals surface area (Å²) in [4.78, 5) is 24.6. The summed E-state index contributed by atoms with van der Waals surface area (Å²) >= 11 is 0. The molecule has 0 fully saturated rings. The average Bonchev–Trinajstić information content (AvgIpc) is 3.30. The second-order valence-electron chi connectivity index (χ2n) is 21.8. The molecule has 10 heteroatoms. The van der Waals surface area contributed by atoms with Gasteiger partial charge in [-0.2, -0.15) is 8.42 Å². The Bertz CT molecular complexity index is 1130. The van der Waals surface area contributed by atoms with E-state index in [4.69, 9.17) is 0 Å². The minimum atomic E-state index is -5.21. The molecule has 1 atom stereocenters. The zero-order valence-electron chi connectivity index (χ0n) is 47.6. The summed E-state index contributed by atoms with van der Waals surface area (Å²) < 4.78 is 34.4. The molecule has 0 aromatic rings. The van der Waals surface area contributed by atoms with Gasteiger partial charge in [-0.05, 0) is 12.8 Å². The predicted octanol–water partition coefficient (Wildman–Crippen LogP) is 11.8. The van der Waals surface area contributed by atoms with Crippen LogP contribution in [0.4, 0.5) is 0 Å². The molecule has 0 radical (unpaired) electrons. The first-order chi connectivity index (χ1) is 33.1. The standard InChI is InChI=1S/C60H118O7S.2K/c1-3-5-7-9-11-13-15-17-19-21-23-25-27-29-31-33-35-37-39-41-43-45-47-49-51-53-55-60(59(63)64,57(58(61)62)68(65,66)67)56-54-52-50-48-46-44-42-40-38-36-34-32-30-28-26-24-22-20-18-16-14-12-10-8-6-4-2;;/h57H,3-56H2,1-2H3,(H,61,62)(H,63,64)(H,65,66,67);;/q;2*+1/p-2. The molecule has 0 aromatic carbocycles. The zero-order valence-corrected chi connectivity index (χ0v) is 54.6. The Labute approximate surface area is 522 Å². The Kier molecular flexibility index (Phi) is 64.1.